The van der Waals surface area contributed by atoms with Crippen molar-refractivity contribution in [2.45, 2.75) is 44.3 Å². The number of alkyl halides is 3. The van der Waals surface area contributed by atoms with Crippen LogP contribution in [-0.2, 0) is 4.79 Å². The van der Waals surface area contributed by atoms with Crippen LogP contribution in [-0.4, -0.2) is 43.2 Å². The van der Waals surface area contributed by atoms with E-state index in [1.165, 1.54) is 0 Å². The van der Waals surface area contributed by atoms with Crippen molar-refractivity contribution in [1.82, 2.24) is 10.2 Å². The molecule has 1 aliphatic rings. The van der Waals surface area contributed by atoms with Gasteiger partial charge in [-0.1, -0.05) is 19.8 Å². The second kappa shape index (κ2) is 5.47. The first-order chi connectivity index (χ1) is 8.17. The van der Waals surface area contributed by atoms with E-state index in [1.54, 1.807) is 0 Å². The molecule has 1 amide bonds. The van der Waals surface area contributed by atoms with Crippen molar-refractivity contribution in [2.24, 2.45) is 5.92 Å². The lowest BCUT2D eigenvalue weighted by atomic mass is 9.75. The van der Waals surface area contributed by atoms with E-state index < -0.39 is 12.1 Å². The maximum absolute atomic E-state index is 12.2. The quantitative estimate of drug-likeness (QED) is 0.849. The highest BCUT2D eigenvalue weighted by Crippen LogP contribution is 2.35. The second-order valence-corrected chi connectivity index (χ2v) is 5.50. The molecule has 2 atom stereocenters. The molecular weight excluding hydrogens is 245 g/mol. The zero-order chi connectivity index (χ0) is 14.0. The summed E-state index contributed by atoms with van der Waals surface area (Å²) in [5.41, 5.74) is -0.349. The van der Waals surface area contributed by atoms with Crippen LogP contribution in [0.25, 0.3) is 0 Å². The number of carbonyl (C=O) groups is 1. The Bertz CT molecular complexity index is 304. The summed E-state index contributed by atoms with van der Waals surface area (Å²) in [6.07, 6.45) is -1.07. The summed E-state index contributed by atoms with van der Waals surface area (Å²) in [6, 6.07) is 0. The van der Waals surface area contributed by atoms with Crippen LogP contribution in [0.5, 0.6) is 0 Å². The Morgan fingerprint density at radius 1 is 1.44 bits per heavy atom. The highest BCUT2D eigenvalue weighted by atomic mass is 19.4. The zero-order valence-corrected chi connectivity index (χ0v) is 11.1. The van der Waals surface area contributed by atoms with Crippen molar-refractivity contribution < 1.29 is 18.0 Å². The van der Waals surface area contributed by atoms with Gasteiger partial charge in [0.25, 0.3) is 0 Å². The van der Waals surface area contributed by atoms with Gasteiger partial charge in [-0.2, -0.15) is 13.2 Å². The fraction of sp³-hybridized carbons (Fsp3) is 0.917. The number of hydrogen-bond acceptors (Lipinski definition) is 2. The Morgan fingerprint density at radius 3 is 2.50 bits per heavy atom. The van der Waals surface area contributed by atoms with Gasteiger partial charge < -0.3 is 10.2 Å². The van der Waals surface area contributed by atoms with Gasteiger partial charge in [-0.3, -0.25) is 4.79 Å². The molecular formula is C12H21F3N2O. The summed E-state index contributed by atoms with van der Waals surface area (Å²) in [5, 5.41) is 2.03. The van der Waals surface area contributed by atoms with Crippen molar-refractivity contribution in [3.8, 4) is 0 Å². The number of nitrogens with one attached hydrogen (secondary N) is 1. The first-order valence-corrected chi connectivity index (χ1v) is 6.20. The van der Waals surface area contributed by atoms with E-state index >= 15 is 0 Å². The monoisotopic (exact) mass is 266 g/mol. The average Bonchev–Trinajstić information content (AvgIpc) is 2.24. The van der Waals surface area contributed by atoms with Gasteiger partial charge in [-0.25, -0.2) is 0 Å². The molecule has 0 heterocycles. The summed E-state index contributed by atoms with van der Waals surface area (Å²) >= 11 is 0. The molecule has 18 heavy (non-hydrogen) atoms. The lowest BCUT2D eigenvalue weighted by Gasteiger charge is -2.45. The molecule has 0 aromatic carbocycles. The number of hydrogen-bond donors (Lipinski definition) is 1. The van der Waals surface area contributed by atoms with Gasteiger partial charge in [0.1, 0.15) is 0 Å². The molecule has 106 valence electrons. The van der Waals surface area contributed by atoms with Crippen molar-refractivity contribution in [3.63, 3.8) is 0 Å². The van der Waals surface area contributed by atoms with E-state index in [4.69, 9.17) is 0 Å². The van der Waals surface area contributed by atoms with Gasteiger partial charge in [0, 0.05) is 12.1 Å². The molecule has 1 rings (SSSR count). The number of halogens is 3. The lowest BCUT2D eigenvalue weighted by Crippen LogP contribution is -2.56. The maximum Gasteiger partial charge on any atom is 0.471 e. The molecule has 1 N–H and O–H groups in total. The predicted molar refractivity (Wildman–Crippen MR) is 63.1 cm³/mol. The van der Waals surface area contributed by atoms with Gasteiger partial charge in [0.15, 0.2) is 0 Å². The number of likely N-dealkylation sites (N-methyl/N-ethyl adjacent to an activating group) is 1. The van der Waals surface area contributed by atoms with Gasteiger partial charge >= 0.3 is 12.1 Å². The lowest BCUT2D eigenvalue weighted by molar-refractivity contribution is -0.174. The molecule has 1 fully saturated rings. The molecule has 1 aliphatic carbocycles. The molecule has 1 saturated carbocycles. The molecule has 0 aliphatic heterocycles. The fourth-order valence-electron chi connectivity index (χ4n) is 2.70. The SMILES string of the molecule is CC1CCCC(CNC(=O)C(F)(F)F)(N(C)C)C1. The van der Waals surface area contributed by atoms with Crippen LogP contribution in [0.3, 0.4) is 0 Å². The molecule has 2 unspecified atom stereocenters. The Hall–Kier alpha value is -0.780. The second-order valence-electron chi connectivity index (χ2n) is 5.50. The van der Waals surface area contributed by atoms with Crippen molar-refractivity contribution in [3.05, 3.63) is 0 Å². The van der Waals surface area contributed by atoms with Gasteiger partial charge in [-0.15, -0.1) is 0 Å². The van der Waals surface area contributed by atoms with Crippen LogP contribution in [0.1, 0.15) is 32.6 Å². The van der Waals surface area contributed by atoms with Crippen LogP contribution < -0.4 is 5.32 Å². The van der Waals surface area contributed by atoms with Crippen molar-refractivity contribution in [1.29, 1.82) is 0 Å². The minimum absolute atomic E-state index is 0.0582. The third kappa shape index (κ3) is 3.60. The molecule has 0 saturated heterocycles. The summed E-state index contributed by atoms with van der Waals surface area (Å²) < 4.78 is 36.5. The van der Waals surface area contributed by atoms with Gasteiger partial charge in [0.05, 0.1) is 0 Å². The van der Waals surface area contributed by atoms with Crippen LogP contribution in [0.4, 0.5) is 13.2 Å². The Kier molecular flexibility index (Phi) is 4.64. The van der Waals surface area contributed by atoms with E-state index in [1.807, 2.05) is 24.3 Å². The molecule has 0 aromatic heterocycles. The number of rotatable bonds is 3. The van der Waals surface area contributed by atoms with E-state index in [-0.39, 0.29) is 12.1 Å². The van der Waals surface area contributed by atoms with E-state index in [0.29, 0.717) is 5.92 Å². The molecule has 0 radical (unpaired) electrons. The predicted octanol–water partition coefficient (Wildman–Crippen LogP) is 2.18. The topological polar surface area (TPSA) is 32.3 Å². The van der Waals surface area contributed by atoms with Gasteiger partial charge in [0.2, 0.25) is 0 Å². The number of amides is 1. The van der Waals surface area contributed by atoms with Crippen LogP contribution >= 0.6 is 0 Å². The highest BCUT2D eigenvalue weighted by molar-refractivity contribution is 5.81. The van der Waals surface area contributed by atoms with E-state index in [9.17, 15) is 18.0 Å². The minimum atomic E-state index is -4.80. The molecule has 6 heteroatoms. The Labute approximate surface area is 106 Å². The van der Waals surface area contributed by atoms with Crippen molar-refractivity contribution >= 4 is 5.91 Å². The van der Waals surface area contributed by atoms with Crippen molar-refractivity contribution in [2.75, 3.05) is 20.6 Å². The Balaban J connectivity index is 2.67. The highest BCUT2D eigenvalue weighted by Gasteiger charge is 2.42. The van der Waals surface area contributed by atoms with Gasteiger partial charge in [-0.05, 0) is 32.9 Å². The summed E-state index contributed by atoms with van der Waals surface area (Å²) in [6.45, 7) is 2.16. The largest absolute Gasteiger partial charge is 0.471 e. The van der Waals surface area contributed by atoms with Crippen LogP contribution in [0, 0.1) is 5.92 Å². The summed E-state index contributed by atoms with van der Waals surface area (Å²) in [7, 11) is 3.72. The third-order valence-corrected chi connectivity index (χ3v) is 3.85. The minimum Gasteiger partial charge on any atom is -0.346 e. The summed E-state index contributed by atoms with van der Waals surface area (Å²) in [5.74, 6) is -1.37. The fourth-order valence-corrected chi connectivity index (χ4v) is 2.70. The third-order valence-electron chi connectivity index (χ3n) is 3.85. The average molecular weight is 266 g/mol. The first-order valence-electron chi connectivity index (χ1n) is 6.20. The molecule has 0 spiro atoms. The Morgan fingerprint density at radius 2 is 2.06 bits per heavy atom. The van der Waals surface area contributed by atoms with E-state index in [0.717, 1.165) is 25.7 Å². The normalized spacial score (nSPS) is 29.4. The molecule has 0 bridgehead atoms. The van der Waals surface area contributed by atoms with Crippen LogP contribution in [0.2, 0.25) is 0 Å². The van der Waals surface area contributed by atoms with E-state index in [2.05, 4.69) is 6.92 Å². The number of nitrogens with zero attached hydrogens (tertiary/aromatic N) is 1. The first kappa shape index (κ1) is 15.3. The maximum atomic E-state index is 12.2. The van der Waals surface area contributed by atoms with Crippen LogP contribution in [0.15, 0.2) is 0 Å². The number of carbonyl (C=O) groups excluding carboxylic acids is 1. The molecule has 3 nitrogen and oxygen atoms in total. The summed E-state index contributed by atoms with van der Waals surface area (Å²) in [4.78, 5) is 12.8. The molecule has 0 aromatic rings. The zero-order valence-electron chi connectivity index (χ0n) is 11.1. The standard InChI is InChI=1S/C12H21F3N2O/c1-9-5-4-6-11(7-9,17(2)3)8-16-10(18)12(13,14)15/h9H,4-8H2,1-3H3,(H,16,18). The smallest absolute Gasteiger partial charge is 0.346 e.